The summed E-state index contributed by atoms with van der Waals surface area (Å²) in [6.07, 6.45) is -0.671. The zero-order chi connectivity index (χ0) is 24.9. The lowest BCUT2D eigenvalue weighted by Crippen LogP contribution is -2.40. The van der Waals surface area contributed by atoms with Gasteiger partial charge in [0.25, 0.3) is 0 Å². The van der Waals surface area contributed by atoms with Crippen molar-refractivity contribution in [3.63, 3.8) is 0 Å². The molecule has 8 nitrogen and oxygen atoms in total. The van der Waals surface area contributed by atoms with Crippen molar-refractivity contribution < 1.29 is 23.4 Å². The van der Waals surface area contributed by atoms with Crippen LogP contribution in [0.4, 0.5) is 19.0 Å². The molecule has 1 aromatic carbocycles. The summed E-state index contributed by atoms with van der Waals surface area (Å²) in [5.41, 5.74) is 4.11. The highest BCUT2D eigenvalue weighted by Gasteiger charge is 2.51. The first-order valence-electron chi connectivity index (χ1n) is 10.8. The Balaban J connectivity index is 1.73. The minimum absolute atomic E-state index is 0.0272. The van der Waals surface area contributed by atoms with Gasteiger partial charge in [-0.05, 0) is 43.9 Å². The van der Waals surface area contributed by atoms with Crippen LogP contribution in [0.2, 0.25) is 0 Å². The Bertz CT molecular complexity index is 1270. The summed E-state index contributed by atoms with van der Waals surface area (Å²) >= 11 is 0. The van der Waals surface area contributed by atoms with Crippen LogP contribution in [0.3, 0.4) is 0 Å². The van der Waals surface area contributed by atoms with Crippen molar-refractivity contribution >= 4 is 11.5 Å². The predicted octanol–water partition coefficient (Wildman–Crippen LogP) is 3.33. The monoisotopic (exact) mass is 474 g/mol. The van der Waals surface area contributed by atoms with E-state index in [4.69, 9.17) is 5.73 Å². The van der Waals surface area contributed by atoms with Crippen molar-refractivity contribution in [2.75, 3.05) is 12.3 Å². The van der Waals surface area contributed by atoms with Gasteiger partial charge in [-0.2, -0.15) is 18.4 Å². The molecule has 0 saturated heterocycles. The maximum absolute atomic E-state index is 13.4. The fraction of sp³-hybridized carbons (Fsp3) is 0.435. The first-order chi connectivity index (χ1) is 15.9. The molecule has 34 heavy (non-hydrogen) atoms. The molecular weight excluding hydrogens is 449 g/mol. The minimum atomic E-state index is -4.86. The molecule has 2 unspecified atom stereocenters. The second kappa shape index (κ2) is 8.23. The van der Waals surface area contributed by atoms with Crippen molar-refractivity contribution in [2.24, 2.45) is 5.41 Å². The topological polar surface area (TPSA) is 132 Å². The maximum Gasteiger partial charge on any atom is 0.421 e. The summed E-state index contributed by atoms with van der Waals surface area (Å²) in [6, 6.07) is 6.28. The molecule has 2 atom stereocenters. The summed E-state index contributed by atoms with van der Waals surface area (Å²) < 4.78 is 41.8. The molecule has 1 saturated carbocycles. The number of rotatable bonds is 6. The smallest absolute Gasteiger partial charge is 0.381 e. The summed E-state index contributed by atoms with van der Waals surface area (Å²) in [5, 5.41) is 33.1. The molecular formula is C23H25F3N6O2. The number of nitrogens with two attached hydrogens (primary N) is 1. The van der Waals surface area contributed by atoms with E-state index in [9.17, 15) is 28.6 Å². The van der Waals surface area contributed by atoms with Crippen molar-refractivity contribution in [1.29, 1.82) is 5.26 Å². The van der Waals surface area contributed by atoms with Gasteiger partial charge in [-0.15, -0.1) is 0 Å². The van der Waals surface area contributed by atoms with Gasteiger partial charge in [-0.3, -0.25) is 9.72 Å². The lowest BCUT2D eigenvalue weighted by Gasteiger charge is -2.35. The Hall–Kier alpha value is -3.20. The van der Waals surface area contributed by atoms with Crippen LogP contribution in [-0.4, -0.2) is 37.3 Å². The average Bonchev–Trinajstić information content (AvgIpc) is 3.17. The largest absolute Gasteiger partial charge is 0.421 e. The number of fused-ring (bicyclic) bond motifs is 1. The Labute approximate surface area is 193 Å². The number of aliphatic hydroxyl groups is 2. The Kier molecular flexibility index (Phi) is 5.80. The van der Waals surface area contributed by atoms with Crippen LogP contribution in [0.1, 0.15) is 49.2 Å². The molecule has 2 aromatic heterocycles. The van der Waals surface area contributed by atoms with E-state index in [0.717, 1.165) is 19.3 Å². The molecule has 0 aliphatic heterocycles. The van der Waals surface area contributed by atoms with E-state index < -0.39 is 23.4 Å². The van der Waals surface area contributed by atoms with Gasteiger partial charge >= 0.3 is 6.18 Å². The van der Waals surface area contributed by atoms with Gasteiger partial charge in [0, 0.05) is 18.3 Å². The summed E-state index contributed by atoms with van der Waals surface area (Å²) in [7, 11) is 0. The van der Waals surface area contributed by atoms with Crippen LogP contribution >= 0.6 is 0 Å². The molecule has 11 heteroatoms. The van der Waals surface area contributed by atoms with Crippen molar-refractivity contribution in [3.8, 4) is 17.3 Å². The highest BCUT2D eigenvalue weighted by molar-refractivity contribution is 5.72. The lowest BCUT2D eigenvalue weighted by atomic mass is 9.70. The SMILES string of the molecule is Cc1ccc(C(C)(O)C(F)(F)F)cc1-c1cnc2c(N)nc(C(O)NCC3(C#N)CCC3)cn12. The van der Waals surface area contributed by atoms with Gasteiger partial charge in [-0.1, -0.05) is 18.6 Å². The van der Waals surface area contributed by atoms with Crippen LogP contribution in [0, 0.1) is 23.7 Å². The number of halogens is 3. The number of aryl methyl sites for hydroxylation is 1. The van der Waals surface area contributed by atoms with E-state index in [-0.39, 0.29) is 29.3 Å². The molecule has 5 N–H and O–H groups in total. The van der Waals surface area contributed by atoms with Crippen molar-refractivity contribution in [3.05, 3.63) is 47.4 Å². The number of nitrogens with zero attached hydrogens (tertiary/aromatic N) is 4. The molecule has 0 amide bonds. The number of hydrogen-bond donors (Lipinski definition) is 4. The molecule has 4 rings (SSSR count). The zero-order valence-electron chi connectivity index (χ0n) is 18.7. The lowest BCUT2D eigenvalue weighted by molar-refractivity contribution is -0.258. The molecule has 0 bridgehead atoms. The number of nitrogens with one attached hydrogen (secondary N) is 1. The summed E-state index contributed by atoms with van der Waals surface area (Å²) in [4.78, 5) is 8.44. The number of hydrogen-bond acceptors (Lipinski definition) is 7. The Morgan fingerprint density at radius 2 is 2.06 bits per heavy atom. The van der Waals surface area contributed by atoms with Crippen molar-refractivity contribution in [2.45, 2.75) is 51.1 Å². The second-order valence-corrected chi connectivity index (χ2v) is 9.02. The normalized spacial score (nSPS) is 18.2. The first-order valence-corrected chi connectivity index (χ1v) is 10.8. The number of nitriles is 1. The first kappa shape index (κ1) is 23.9. The summed E-state index contributed by atoms with van der Waals surface area (Å²) in [5.74, 6) is 0.0272. The van der Waals surface area contributed by atoms with E-state index in [1.165, 1.54) is 30.6 Å². The molecule has 1 aliphatic rings. The van der Waals surface area contributed by atoms with E-state index in [1.54, 1.807) is 11.3 Å². The summed E-state index contributed by atoms with van der Waals surface area (Å²) in [6.45, 7) is 2.71. The molecule has 0 radical (unpaired) electrons. The molecule has 180 valence electrons. The number of imidazole rings is 1. The highest BCUT2D eigenvalue weighted by atomic mass is 19.4. The fourth-order valence-electron chi connectivity index (χ4n) is 4.05. The second-order valence-electron chi connectivity index (χ2n) is 9.02. The number of aliphatic hydroxyl groups excluding tert-OH is 1. The Morgan fingerprint density at radius 1 is 1.35 bits per heavy atom. The number of nitrogen functional groups attached to an aromatic ring is 1. The van der Waals surface area contributed by atoms with Crippen LogP contribution in [0.5, 0.6) is 0 Å². The van der Waals surface area contributed by atoms with Gasteiger partial charge in [0.15, 0.2) is 17.1 Å². The van der Waals surface area contributed by atoms with E-state index >= 15 is 0 Å². The van der Waals surface area contributed by atoms with Crippen molar-refractivity contribution in [1.82, 2.24) is 19.7 Å². The minimum Gasteiger partial charge on any atom is -0.381 e. The van der Waals surface area contributed by atoms with Gasteiger partial charge in [0.05, 0.1) is 23.4 Å². The molecule has 1 fully saturated rings. The quantitative estimate of drug-likeness (QED) is 0.403. The third kappa shape index (κ3) is 3.98. The molecule has 3 aromatic rings. The number of anilines is 1. The standard InChI is InChI=1S/C23H25F3N6O2/c1-13-4-5-14(21(2,34)23(24,25)26)8-15(13)17-9-29-19-18(28)31-16(10-32(17)19)20(33)30-12-22(11-27)6-3-7-22/h4-5,8-10,20,30,33-34H,3,6-7,12H2,1-2H3,(H2,28,31). The van der Waals surface area contributed by atoms with Gasteiger partial charge in [0.1, 0.15) is 11.9 Å². The molecule has 2 heterocycles. The van der Waals surface area contributed by atoms with Crippen LogP contribution in [0.15, 0.2) is 30.6 Å². The van der Waals surface area contributed by atoms with Crippen LogP contribution in [-0.2, 0) is 5.60 Å². The number of benzene rings is 1. The van der Waals surface area contributed by atoms with E-state index in [1.807, 2.05) is 0 Å². The maximum atomic E-state index is 13.4. The highest BCUT2D eigenvalue weighted by Crippen LogP contribution is 2.41. The Morgan fingerprint density at radius 3 is 2.65 bits per heavy atom. The molecule has 1 aliphatic carbocycles. The fourth-order valence-corrected chi connectivity index (χ4v) is 4.05. The van der Waals surface area contributed by atoms with Gasteiger partial charge in [0.2, 0.25) is 0 Å². The van der Waals surface area contributed by atoms with Gasteiger partial charge < -0.3 is 15.9 Å². The third-order valence-corrected chi connectivity index (χ3v) is 6.63. The average molecular weight is 474 g/mol. The van der Waals surface area contributed by atoms with E-state index in [2.05, 4.69) is 21.4 Å². The predicted molar refractivity (Wildman–Crippen MR) is 118 cm³/mol. The van der Waals surface area contributed by atoms with Crippen LogP contribution in [0.25, 0.3) is 16.9 Å². The number of aromatic nitrogens is 3. The van der Waals surface area contributed by atoms with E-state index in [0.29, 0.717) is 23.7 Å². The van der Waals surface area contributed by atoms with Crippen LogP contribution < -0.4 is 11.1 Å². The molecule has 0 spiro atoms. The van der Waals surface area contributed by atoms with Gasteiger partial charge in [-0.25, -0.2) is 9.97 Å². The third-order valence-electron chi connectivity index (χ3n) is 6.63. The number of alkyl halides is 3. The zero-order valence-corrected chi connectivity index (χ0v) is 18.7.